The summed E-state index contributed by atoms with van der Waals surface area (Å²) >= 11 is 10.5. The van der Waals surface area contributed by atoms with Crippen LogP contribution in [-0.4, -0.2) is 21.4 Å². The molecule has 2 heterocycles. The Morgan fingerprint density at radius 3 is 2.74 bits per heavy atom. The molecule has 116 valence electrons. The number of aromatic nitrogens is 2. The Hall–Kier alpha value is -2.18. The molecule has 0 spiro atoms. The smallest absolute Gasteiger partial charge is 0.323 e. The maximum atomic E-state index is 12.4. The van der Waals surface area contributed by atoms with Crippen molar-refractivity contribution in [3.05, 3.63) is 59.4 Å². The largest absolute Gasteiger partial charge is 0.345 e. The molecule has 2 N–H and O–H groups in total. The summed E-state index contributed by atoms with van der Waals surface area (Å²) in [7, 11) is 0. The lowest BCUT2D eigenvalue weighted by molar-refractivity contribution is 0.251. The minimum atomic E-state index is -0.307. The number of rotatable bonds is 2. The molecule has 0 saturated carbocycles. The zero-order chi connectivity index (χ0) is 16.0. The van der Waals surface area contributed by atoms with Crippen LogP contribution < -0.4 is 10.2 Å². The van der Waals surface area contributed by atoms with Gasteiger partial charge in [0.25, 0.3) is 0 Å². The zero-order valence-electron chi connectivity index (χ0n) is 11.9. The summed E-state index contributed by atoms with van der Waals surface area (Å²) in [6.45, 7) is 0. The van der Waals surface area contributed by atoms with Gasteiger partial charge in [-0.2, -0.15) is 12.6 Å². The quantitative estimate of drug-likeness (QED) is 0.620. The first kappa shape index (κ1) is 14.4. The van der Waals surface area contributed by atoms with Crippen molar-refractivity contribution in [1.29, 1.82) is 0 Å². The van der Waals surface area contributed by atoms with Gasteiger partial charge in [0.1, 0.15) is 0 Å². The molecule has 7 heteroatoms. The number of hydrogen-bond acceptors (Lipinski definition) is 3. The Labute approximate surface area is 143 Å². The van der Waals surface area contributed by atoms with Gasteiger partial charge in [0.05, 0.1) is 28.8 Å². The van der Waals surface area contributed by atoms with Crippen molar-refractivity contribution in [2.75, 3.05) is 4.90 Å². The van der Waals surface area contributed by atoms with Crippen LogP contribution in [0, 0.1) is 0 Å². The van der Waals surface area contributed by atoms with E-state index in [2.05, 4.69) is 27.9 Å². The van der Waals surface area contributed by atoms with Crippen LogP contribution in [0.3, 0.4) is 0 Å². The van der Waals surface area contributed by atoms with Gasteiger partial charge in [0.2, 0.25) is 0 Å². The minimum absolute atomic E-state index is 0.181. The van der Waals surface area contributed by atoms with Crippen LogP contribution >= 0.6 is 24.2 Å². The SMILES string of the molecule is O=C1NC(S)C(c2ccc(Cl)cc2)N1c1ccc2[nH]cnc2c1. The molecular weight excluding hydrogens is 332 g/mol. The summed E-state index contributed by atoms with van der Waals surface area (Å²) in [6, 6.07) is 12.8. The van der Waals surface area contributed by atoms with E-state index in [0.29, 0.717) is 5.02 Å². The van der Waals surface area contributed by atoms with Gasteiger partial charge in [-0.15, -0.1) is 0 Å². The fraction of sp³-hybridized carbons (Fsp3) is 0.125. The van der Waals surface area contributed by atoms with E-state index in [1.165, 1.54) is 0 Å². The van der Waals surface area contributed by atoms with E-state index in [-0.39, 0.29) is 17.4 Å². The Morgan fingerprint density at radius 1 is 1.17 bits per heavy atom. The maximum absolute atomic E-state index is 12.4. The van der Waals surface area contributed by atoms with Crippen LogP contribution in [-0.2, 0) is 0 Å². The van der Waals surface area contributed by atoms with Crippen molar-refractivity contribution in [2.45, 2.75) is 11.4 Å². The highest BCUT2D eigenvalue weighted by Gasteiger charge is 2.39. The highest BCUT2D eigenvalue weighted by molar-refractivity contribution is 7.81. The number of fused-ring (bicyclic) bond motifs is 1. The van der Waals surface area contributed by atoms with Gasteiger partial charge in [-0.3, -0.25) is 4.90 Å². The Balaban J connectivity index is 1.79. The number of nitrogens with one attached hydrogen (secondary N) is 2. The van der Waals surface area contributed by atoms with Gasteiger partial charge in [-0.1, -0.05) is 23.7 Å². The van der Waals surface area contributed by atoms with Gasteiger partial charge in [-0.05, 0) is 35.9 Å². The number of carbonyl (C=O) groups excluding carboxylic acids is 1. The molecule has 1 aliphatic rings. The summed E-state index contributed by atoms with van der Waals surface area (Å²) in [5, 5.41) is 3.21. The van der Waals surface area contributed by atoms with Crippen molar-refractivity contribution in [1.82, 2.24) is 15.3 Å². The predicted octanol–water partition coefficient (Wildman–Crippen LogP) is 3.74. The normalized spacial score (nSPS) is 21.0. The number of aromatic amines is 1. The number of nitrogens with zero attached hydrogens (tertiary/aromatic N) is 2. The van der Waals surface area contributed by atoms with Gasteiger partial charge in [0, 0.05) is 10.7 Å². The lowest BCUT2D eigenvalue weighted by Crippen LogP contribution is -2.29. The fourth-order valence-electron chi connectivity index (χ4n) is 2.88. The number of halogens is 1. The van der Waals surface area contributed by atoms with Crippen molar-refractivity contribution in [2.24, 2.45) is 0 Å². The first-order valence-electron chi connectivity index (χ1n) is 7.10. The molecule has 1 aromatic heterocycles. The number of imidazole rings is 1. The van der Waals surface area contributed by atoms with Gasteiger partial charge < -0.3 is 10.3 Å². The van der Waals surface area contributed by atoms with Crippen LogP contribution in [0.4, 0.5) is 10.5 Å². The molecule has 1 saturated heterocycles. The van der Waals surface area contributed by atoms with Gasteiger partial charge in [-0.25, -0.2) is 9.78 Å². The highest BCUT2D eigenvalue weighted by atomic mass is 35.5. The maximum Gasteiger partial charge on any atom is 0.323 e. The third kappa shape index (κ3) is 2.44. The van der Waals surface area contributed by atoms with E-state index in [0.717, 1.165) is 22.3 Å². The predicted molar refractivity (Wildman–Crippen MR) is 94.1 cm³/mol. The fourth-order valence-corrected chi connectivity index (χ4v) is 3.42. The summed E-state index contributed by atoms with van der Waals surface area (Å²) < 4.78 is 0. The summed E-state index contributed by atoms with van der Waals surface area (Å²) in [6.07, 6.45) is 1.64. The lowest BCUT2D eigenvalue weighted by atomic mass is 10.1. The van der Waals surface area contributed by atoms with Crippen LogP contribution in [0.15, 0.2) is 48.8 Å². The molecule has 2 aromatic carbocycles. The summed E-state index contributed by atoms with van der Waals surface area (Å²) in [5.74, 6) is 0. The molecule has 0 radical (unpaired) electrons. The number of amides is 2. The van der Waals surface area contributed by atoms with Crippen molar-refractivity contribution in [3.63, 3.8) is 0 Å². The van der Waals surface area contributed by atoms with E-state index in [4.69, 9.17) is 11.6 Å². The number of hydrogen-bond donors (Lipinski definition) is 3. The number of thiol groups is 1. The van der Waals surface area contributed by atoms with Crippen LogP contribution in [0.1, 0.15) is 11.6 Å². The topological polar surface area (TPSA) is 61.0 Å². The standard InChI is InChI=1S/C16H13ClN4OS/c17-10-3-1-9(2-4-10)14-15(23)20-16(22)21(14)11-5-6-12-13(7-11)19-8-18-12/h1-8,14-15,23H,(H,18,19)(H,20,22). The van der Waals surface area contributed by atoms with Crippen molar-refractivity contribution >= 4 is 47.0 Å². The van der Waals surface area contributed by atoms with Gasteiger partial charge in [0.15, 0.2) is 0 Å². The Bertz CT molecular complexity index is 879. The van der Waals surface area contributed by atoms with Crippen LogP contribution in [0.25, 0.3) is 11.0 Å². The molecular formula is C16H13ClN4OS. The monoisotopic (exact) mass is 344 g/mol. The second kappa shape index (κ2) is 5.47. The van der Waals surface area contributed by atoms with Crippen molar-refractivity contribution in [3.8, 4) is 0 Å². The number of carbonyl (C=O) groups is 1. The second-order valence-electron chi connectivity index (χ2n) is 5.36. The lowest BCUT2D eigenvalue weighted by Gasteiger charge is -2.25. The number of urea groups is 1. The third-order valence-corrected chi connectivity index (χ3v) is 4.63. The highest BCUT2D eigenvalue weighted by Crippen LogP contribution is 2.36. The first-order valence-corrected chi connectivity index (χ1v) is 7.99. The van der Waals surface area contributed by atoms with Gasteiger partial charge >= 0.3 is 6.03 Å². The molecule has 0 bridgehead atoms. The van der Waals surface area contributed by atoms with Crippen molar-refractivity contribution < 1.29 is 4.79 Å². The molecule has 1 aliphatic heterocycles. The number of anilines is 1. The Kier molecular flexibility index (Phi) is 3.43. The molecule has 23 heavy (non-hydrogen) atoms. The average Bonchev–Trinajstić information content (AvgIpc) is 3.11. The molecule has 2 amide bonds. The molecule has 1 fully saturated rings. The summed E-state index contributed by atoms with van der Waals surface area (Å²) in [4.78, 5) is 21.4. The third-order valence-electron chi connectivity index (χ3n) is 3.96. The van der Waals surface area contributed by atoms with Crippen LogP contribution in [0.5, 0.6) is 0 Å². The van der Waals surface area contributed by atoms with E-state index in [9.17, 15) is 4.79 Å². The first-order chi connectivity index (χ1) is 11.1. The minimum Gasteiger partial charge on any atom is -0.345 e. The number of H-pyrrole nitrogens is 1. The molecule has 5 nitrogen and oxygen atoms in total. The Morgan fingerprint density at radius 2 is 1.96 bits per heavy atom. The van der Waals surface area contributed by atoms with E-state index < -0.39 is 0 Å². The molecule has 2 atom stereocenters. The van der Waals surface area contributed by atoms with E-state index in [1.807, 2.05) is 42.5 Å². The zero-order valence-corrected chi connectivity index (χ0v) is 13.6. The summed E-state index contributed by atoms with van der Waals surface area (Å²) in [5.41, 5.74) is 3.49. The average molecular weight is 345 g/mol. The van der Waals surface area contributed by atoms with E-state index >= 15 is 0 Å². The van der Waals surface area contributed by atoms with E-state index in [1.54, 1.807) is 11.2 Å². The molecule has 0 aliphatic carbocycles. The molecule has 4 rings (SSSR count). The molecule has 2 unspecified atom stereocenters. The second-order valence-corrected chi connectivity index (χ2v) is 6.36. The number of benzene rings is 2. The van der Waals surface area contributed by atoms with Crippen LogP contribution in [0.2, 0.25) is 5.02 Å². The molecule has 3 aromatic rings.